The van der Waals surface area contributed by atoms with Gasteiger partial charge in [-0.1, -0.05) is 122 Å². The van der Waals surface area contributed by atoms with Crippen LogP contribution in [0.25, 0.3) is 75.0 Å². The van der Waals surface area contributed by atoms with Crippen LogP contribution in [0.1, 0.15) is 83.5 Å². The molecule has 13 aromatic rings. The molecule has 10 aromatic carbocycles. The van der Waals surface area contributed by atoms with E-state index < -0.39 is 8.07 Å². The molecule has 0 bridgehead atoms. The highest BCUT2D eigenvalue weighted by atomic mass is 32.2. The van der Waals surface area contributed by atoms with Gasteiger partial charge >= 0.3 is 0 Å². The van der Waals surface area contributed by atoms with E-state index in [-0.39, 0.29) is 0 Å². The van der Waals surface area contributed by atoms with Gasteiger partial charge in [-0.05, 0) is 269 Å². The van der Waals surface area contributed by atoms with E-state index in [2.05, 4.69) is 268 Å². The van der Waals surface area contributed by atoms with Gasteiger partial charge in [0, 0.05) is 58.6 Å². The van der Waals surface area contributed by atoms with Gasteiger partial charge in [0.05, 0.1) is 22.4 Å². The van der Waals surface area contributed by atoms with E-state index in [0.29, 0.717) is 0 Å². The van der Waals surface area contributed by atoms with Gasteiger partial charge in [0.25, 0.3) is 0 Å². The summed E-state index contributed by atoms with van der Waals surface area (Å²) in [6, 6.07) is 56.5. The number of hydrogen-bond donors (Lipinski definition) is 0. The molecule has 6 heteroatoms. The van der Waals surface area contributed by atoms with Crippen LogP contribution < -0.4 is 15.3 Å². The van der Waals surface area contributed by atoms with E-state index in [9.17, 15) is 0 Å². The van der Waals surface area contributed by atoms with Gasteiger partial charge in [0.2, 0.25) is 0 Å². The lowest BCUT2D eigenvalue weighted by Gasteiger charge is -2.32. The molecule has 0 aliphatic carbocycles. The maximum Gasteiger partial charge on any atom is 0.138 e. The monoisotopic (exact) mass is 1160 g/mol. The zero-order chi connectivity index (χ0) is 60.5. The van der Waals surface area contributed by atoms with Crippen molar-refractivity contribution >= 4 is 117 Å². The second-order valence-corrected chi connectivity index (χ2v) is 30.9. The van der Waals surface area contributed by atoms with Crippen molar-refractivity contribution in [2.24, 2.45) is 0 Å². The number of aromatic nitrogens is 1. The Morgan fingerprint density at radius 1 is 0.424 bits per heavy atom. The summed E-state index contributed by atoms with van der Waals surface area (Å²) in [7, 11) is 0.686. The highest BCUT2D eigenvalue weighted by Gasteiger charge is 2.39. The summed E-state index contributed by atoms with van der Waals surface area (Å²) in [6.45, 7) is 38.0. The minimum Gasteiger partial charge on any atom is -0.456 e. The molecule has 0 N–H and O–H groups in total. The molecule has 0 radical (unpaired) electrons. The Balaban J connectivity index is 0.000000111. The molecule has 0 spiro atoms. The van der Waals surface area contributed by atoms with E-state index >= 15 is 0 Å². The Morgan fingerprint density at radius 2 is 0.988 bits per heavy atom. The first-order valence-electron chi connectivity index (χ1n) is 29.9. The van der Waals surface area contributed by atoms with Crippen molar-refractivity contribution in [2.75, 3.05) is 11.9 Å². The Kier molecular flexibility index (Phi) is 16.1. The second-order valence-electron chi connectivity index (χ2n) is 24.5. The van der Waals surface area contributed by atoms with Crippen LogP contribution in [0, 0.1) is 104 Å². The van der Waals surface area contributed by atoms with Gasteiger partial charge in [-0.3, -0.25) is 0 Å². The molecular formula is C79H80N2OS2Si. The summed E-state index contributed by atoms with van der Waals surface area (Å²) in [5, 5.41) is 11.0. The van der Waals surface area contributed by atoms with E-state index in [1.807, 2.05) is 41.3 Å². The molecule has 428 valence electrons. The van der Waals surface area contributed by atoms with E-state index in [0.717, 1.165) is 22.2 Å². The van der Waals surface area contributed by atoms with Gasteiger partial charge < -0.3 is 9.32 Å². The molecule has 0 amide bonds. The van der Waals surface area contributed by atoms with Crippen molar-refractivity contribution < 1.29 is 4.42 Å². The fourth-order valence-corrected chi connectivity index (χ4v) is 19.2. The summed E-state index contributed by atoms with van der Waals surface area (Å²) in [5.74, 6) is 0. The van der Waals surface area contributed by atoms with Gasteiger partial charge in [-0.15, -0.1) is 11.3 Å². The SMILES string of the molecule is Cc1cc2c(c(C)c1C)N(C)c1ccccc1S2.Cc1cc2c(c(C)c1C)[Si](C)(C)c1ccccc1-2.Cc1cc2c(oc3ccccc32)c(C)c1C.Cc1cc2c(sc3ccccc32)c(C)c1C.Cc1cc2cc3ccccc3nc2c(C)c1C. The second kappa shape index (κ2) is 23.3. The number of furan rings is 1. The average Bonchev–Trinajstić information content (AvgIpc) is 1.80. The van der Waals surface area contributed by atoms with Crippen molar-refractivity contribution in [3.05, 3.63) is 241 Å². The van der Waals surface area contributed by atoms with Gasteiger partial charge in [0.15, 0.2) is 0 Å². The van der Waals surface area contributed by atoms with E-state index in [1.165, 1.54) is 157 Å². The molecule has 2 aliphatic rings. The number of anilines is 2. The average molecular weight is 1170 g/mol. The van der Waals surface area contributed by atoms with E-state index in [4.69, 9.17) is 9.40 Å². The van der Waals surface area contributed by atoms with Crippen LogP contribution >= 0.6 is 23.1 Å². The van der Waals surface area contributed by atoms with Crippen LogP contribution in [0.3, 0.4) is 0 Å². The molecule has 3 nitrogen and oxygen atoms in total. The van der Waals surface area contributed by atoms with E-state index in [1.54, 1.807) is 10.4 Å². The predicted molar refractivity (Wildman–Crippen MR) is 377 cm³/mol. The zero-order valence-electron chi connectivity index (χ0n) is 53.1. The number of thiophene rings is 1. The maximum atomic E-state index is 5.92. The number of para-hydroxylation sites is 3. The number of benzene rings is 10. The number of pyridine rings is 1. The number of fused-ring (bicyclic) bond motifs is 13. The van der Waals surface area contributed by atoms with Crippen LogP contribution in [0.4, 0.5) is 11.4 Å². The molecule has 5 heterocycles. The highest BCUT2D eigenvalue weighted by Crippen LogP contribution is 2.50. The molecule has 85 heavy (non-hydrogen) atoms. The summed E-state index contributed by atoms with van der Waals surface area (Å²) in [5.41, 5.74) is 30.6. The largest absolute Gasteiger partial charge is 0.456 e. The third-order valence-electron chi connectivity index (χ3n) is 19.2. The van der Waals surface area contributed by atoms with Crippen LogP contribution in [-0.2, 0) is 0 Å². The Labute approximate surface area is 513 Å². The topological polar surface area (TPSA) is 29.3 Å². The van der Waals surface area contributed by atoms with Crippen LogP contribution in [0.15, 0.2) is 172 Å². The number of hydrogen-bond acceptors (Lipinski definition) is 5. The third-order valence-corrected chi connectivity index (χ3v) is 25.2. The molecular weight excluding hydrogens is 1090 g/mol. The minimum atomic E-state index is -1.48. The number of nitrogens with zero attached hydrogens (tertiary/aromatic N) is 2. The summed E-state index contributed by atoms with van der Waals surface area (Å²) in [6.07, 6.45) is 0. The molecule has 0 fully saturated rings. The van der Waals surface area contributed by atoms with Crippen molar-refractivity contribution in [2.45, 2.75) is 127 Å². The van der Waals surface area contributed by atoms with Crippen LogP contribution in [0.2, 0.25) is 13.1 Å². The molecule has 0 saturated carbocycles. The molecule has 0 saturated heterocycles. The summed E-state index contributed by atoms with van der Waals surface area (Å²) < 4.78 is 8.76. The molecule has 2 aliphatic heterocycles. The lowest BCUT2D eigenvalue weighted by Crippen LogP contribution is -2.50. The van der Waals surface area contributed by atoms with Crippen molar-refractivity contribution in [1.29, 1.82) is 0 Å². The van der Waals surface area contributed by atoms with Crippen LogP contribution in [0.5, 0.6) is 0 Å². The quantitative estimate of drug-likeness (QED) is 0.112. The van der Waals surface area contributed by atoms with Crippen molar-refractivity contribution in [3.63, 3.8) is 0 Å². The Hall–Kier alpha value is -7.74. The first-order chi connectivity index (χ1) is 40.6. The molecule has 0 atom stereocenters. The molecule has 15 rings (SSSR count). The fourth-order valence-electron chi connectivity index (χ4n) is 13.0. The smallest absolute Gasteiger partial charge is 0.138 e. The van der Waals surface area contributed by atoms with Crippen LogP contribution in [-0.4, -0.2) is 20.1 Å². The lowest BCUT2D eigenvalue weighted by molar-refractivity contribution is 0.665. The summed E-state index contributed by atoms with van der Waals surface area (Å²) >= 11 is 3.79. The Morgan fingerprint density at radius 3 is 1.75 bits per heavy atom. The minimum absolute atomic E-state index is 0.977. The maximum absolute atomic E-state index is 5.92. The van der Waals surface area contributed by atoms with Crippen molar-refractivity contribution in [1.82, 2.24) is 4.98 Å². The molecule has 0 unspecified atom stereocenters. The third kappa shape index (κ3) is 10.6. The fraction of sp³-hybridized carbons (Fsp3) is 0.228. The normalized spacial score (nSPS) is 12.6. The lowest BCUT2D eigenvalue weighted by atomic mass is 9.96. The molecule has 3 aromatic heterocycles. The first-order valence-corrected chi connectivity index (χ1v) is 34.6. The van der Waals surface area contributed by atoms with Gasteiger partial charge in [-0.2, -0.15) is 0 Å². The predicted octanol–water partition coefficient (Wildman–Crippen LogP) is 22.1. The number of rotatable bonds is 0. The van der Waals surface area contributed by atoms with Gasteiger partial charge in [-0.25, -0.2) is 4.98 Å². The summed E-state index contributed by atoms with van der Waals surface area (Å²) in [4.78, 5) is 9.82. The van der Waals surface area contributed by atoms with Crippen molar-refractivity contribution in [3.8, 4) is 11.1 Å². The standard InChI is InChI=1S/C17H20Si.C16H17NS.C16H15N.C15H14O.C15H14S/c1-11-10-15-14-8-6-7-9-16(14)18(4,5)17(15)13(3)12(11)2;1-10-9-15-16(12(3)11(10)2)17(4)13-7-5-6-8-14(13)18-15;1-10-8-14-9-13-6-4-5-7-15(13)17-16(14)12(3)11(10)2;2*1-9-8-13-12-6-4-5-7-14(12)16-15(13)11(3)10(9)2/h6-10H,1-5H3;5-9H,1-4H3;4-9H,1-3H3;2*4-8H,1-3H3. The highest BCUT2D eigenvalue weighted by molar-refractivity contribution is 7.99. The van der Waals surface area contributed by atoms with Gasteiger partial charge in [0.1, 0.15) is 19.2 Å². The zero-order valence-corrected chi connectivity index (χ0v) is 55.8. The first kappa shape index (κ1) is 59.0. The number of aryl methyl sites for hydroxylation is 8. The Bertz CT molecular complexity index is 4680.